The van der Waals surface area contributed by atoms with E-state index in [9.17, 15) is 5.11 Å². The predicted molar refractivity (Wildman–Crippen MR) is 57.8 cm³/mol. The summed E-state index contributed by atoms with van der Waals surface area (Å²) in [6.07, 6.45) is 4.61. The van der Waals surface area contributed by atoms with E-state index >= 15 is 0 Å². The van der Waals surface area contributed by atoms with Gasteiger partial charge in [-0.3, -0.25) is 0 Å². The van der Waals surface area contributed by atoms with Gasteiger partial charge in [0, 0.05) is 6.20 Å². The van der Waals surface area contributed by atoms with Gasteiger partial charge in [0.25, 0.3) is 0 Å². The molecule has 2 aromatic rings. The lowest BCUT2D eigenvalue weighted by Crippen LogP contribution is -2.07. The molecule has 0 aliphatic carbocycles. The van der Waals surface area contributed by atoms with E-state index in [1.165, 1.54) is 6.33 Å². The first-order valence-corrected chi connectivity index (χ1v) is 5.00. The number of hydrogen-bond donors (Lipinski definition) is 2. The van der Waals surface area contributed by atoms with Crippen molar-refractivity contribution in [2.45, 2.75) is 12.5 Å². The minimum absolute atomic E-state index is 0.450. The summed E-state index contributed by atoms with van der Waals surface area (Å²) in [6.45, 7) is 0.450. The van der Waals surface area contributed by atoms with Crippen molar-refractivity contribution in [1.29, 1.82) is 0 Å². The minimum atomic E-state index is -0.553. The largest absolute Gasteiger partial charge is 0.388 e. The maximum absolute atomic E-state index is 9.69. The van der Waals surface area contributed by atoms with E-state index in [-0.39, 0.29) is 0 Å². The molecule has 0 saturated heterocycles. The number of pyridine rings is 1. The third kappa shape index (κ3) is 2.23. The summed E-state index contributed by atoms with van der Waals surface area (Å²) >= 11 is 0. The highest BCUT2D eigenvalue weighted by Gasteiger charge is 2.07. The Labute approximate surface area is 92.8 Å². The van der Waals surface area contributed by atoms with Crippen LogP contribution in [0.1, 0.15) is 18.1 Å². The molecule has 0 aliphatic heterocycles. The molecule has 3 N–H and O–H groups in total. The number of rotatable bonds is 4. The molecule has 0 spiro atoms. The van der Waals surface area contributed by atoms with Gasteiger partial charge in [-0.05, 0) is 24.6 Å². The molecule has 0 aliphatic rings. The number of aromatic nitrogens is 4. The lowest BCUT2D eigenvalue weighted by molar-refractivity contribution is 0.170. The van der Waals surface area contributed by atoms with Crippen LogP contribution in [0.25, 0.3) is 5.82 Å². The summed E-state index contributed by atoms with van der Waals surface area (Å²) in [7, 11) is 0. The van der Waals surface area contributed by atoms with Gasteiger partial charge in [0.2, 0.25) is 0 Å². The van der Waals surface area contributed by atoms with Crippen molar-refractivity contribution in [3.8, 4) is 5.82 Å². The third-order valence-corrected chi connectivity index (χ3v) is 2.25. The van der Waals surface area contributed by atoms with Gasteiger partial charge >= 0.3 is 0 Å². The zero-order valence-corrected chi connectivity index (χ0v) is 8.69. The quantitative estimate of drug-likeness (QED) is 0.758. The van der Waals surface area contributed by atoms with Gasteiger partial charge < -0.3 is 10.8 Å². The highest BCUT2D eigenvalue weighted by Crippen LogP contribution is 2.15. The van der Waals surface area contributed by atoms with E-state index in [1.54, 1.807) is 23.3 Å². The smallest absolute Gasteiger partial charge is 0.155 e. The van der Waals surface area contributed by atoms with E-state index in [2.05, 4.69) is 15.1 Å². The number of hydrogen-bond acceptors (Lipinski definition) is 5. The highest BCUT2D eigenvalue weighted by molar-refractivity contribution is 5.24. The standard InChI is InChI=1S/C10H13N5O/c11-4-3-9(16)8-1-2-10(13-5-8)15-7-12-6-14-15/h1-2,5-7,9,16H,3-4,11H2. The van der Waals surface area contributed by atoms with Crippen LogP contribution < -0.4 is 5.73 Å². The zero-order valence-electron chi connectivity index (χ0n) is 8.69. The van der Waals surface area contributed by atoms with Crippen molar-refractivity contribution >= 4 is 0 Å². The summed E-state index contributed by atoms with van der Waals surface area (Å²) < 4.78 is 1.55. The molecule has 0 aromatic carbocycles. The molecule has 84 valence electrons. The molecule has 2 aromatic heterocycles. The molecule has 0 bridgehead atoms. The van der Waals surface area contributed by atoms with Crippen molar-refractivity contribution in [3.05, 3.63) is 36.5 Å². The molecule has 6 heteroatoms. The van der Waals surface area contributed by atoms with Gasteiger partial charge in [0.05, 0.1) is 6.10 Å². The predicted octanol–water partition coefficient (Wildman–Crippen LogP) is 0.0445. The van der Waals surface area contributed by atoms with Crippen LogP contribution in [0.3, 0.4) is 0 Å². The van der Waals surface area contributed by atoms with Gasteiger partial charge in [0.15, 0.2) is 5.82 Å². The average molecular weight is 219 g/mol. The molecule has 16 heavy (non-hydrogen) atoms. The summed E-state index contributed by atoms with van der Waals surface area (Å²) in [5.41, 5.74) is 6.13. The third-order valence-electron chi connectivity index (χ3n) is 2.25. The number of nitrogens with two attached hydrogens (primary N) is 1. The van der Waals surface area contributed by atoms with Crippen molar-refractivity contribution in [1.82, 2.24) is 19.7 Å². The van der Waals surface area contributed by atoms with Crippen LogP contribution in [0.4, 0.5) is 0 Å². The van der Waals surface area contributed by atoms with Crippen LogP contribution in [0.15, 0.2) is 31.0 Å². The van der Waals surface area contributed by atoms with Crippen LogP contribution in [0, 0.1) is 0 Å². The van der Waals surface area contributed by atoms with E-state index in [4.69, 9.17) is 5.73 Å². The Morgan fingerprint density at radius 2 is 2.31 bits per heavy atom. The van der Waals surface area contributed by atoms with E-state index in [1.807, 2.05) is 6.07 Å². The van der Waals surface area contributed by atoms with Gasteiger partial charge in [-0.2, -0.15) is 5.10 Å². The first-order chi connectivity index (χ1) is 7.81. The molecule has 1 atom stereocenters. The Hall–Kier alpha value is -1.79. The second kappa shape index (κ2) is 4.82. The number of aliphatic hydroxyl groups is 1. The maximum atomic E-state index is 9.69. The molecule has 0 saturated carbocycles. The Bertz CT molecular complexity index is 425. The van der Waals surface area contributed by atoms with Crippen molar-refractivity contribution in [2.75, 3.05) is 6.54 Å². The number of nitrogens with zero attached hydrogens (tertiary/aromatic N) is 4. The van der Waals surface area contributed by atoms with Crippen LogP contribution in [-0.4, -0.2) is 31.4 Å². The highest BCUT2D eigenvalue weighted by atomic mass is 16.3. The molecule has 2 rings (SSSR count). The lowest BCUT2D eigenvalue weighted by Gasteiger charge is -2.09. The van der Waals surface area contributed by atoms with Crippen molar-refractivity contribution in [3.63, 3.8) is 0 Å². The first kappa shape index (κ1) is 10.7. The minimum Gasteiger partial charge on any atom is -0.388 e. The Morgan fingerprint density at radius 1 is 1.44 bits per heavy atom. The van der Waals surface area contributed by atoms with Gasteiger partial charge in [-0.15, -0.1) is 0 Å². The molecule has 0 amide bonds. The van der Waals surface area contributed by atoms with Gasteiger partial charge in [-0.25, -0.2) is 14.6 Å². The fraction of sp³-hybridized carbons (Fsp3) is 0.300. The summed E-state index contributed by atoms with van der Waals surface area (Å²) in [5, 5.41) is 13.6. The van der Waals surface area contributed by atoms with E-state index in [0.717, 1.165) is 5.56 Å². The van der Waals surface area contributed by atoms with Crippen molar-refractivity contribution < 1.29 is 5.11 Å². The molecular formula is C10H13N5O. The van der Waals surface area contributed by atoms with Crippen molar-refractivity contribution in [2.24, 2.45) is 5.73 Å². The van der Waals surface area contributed by atoms with E-state index < -0.39 is 6.10 Å². The fourth-order valence-corrected chi connectivity index (χ4v) is 1.38. The summed E-state index contributed by atoms with van der Waals surface area (Å²) in [5.74, 6) is 0.668. The molecule has 2 heterocycles. The molecular weight excluding hydrogens is 206 g/mol. The first-order valence-electron chi connectivity index (χ1n) is 5.00. The average Bonchev–Trinajstić information content (AvgIpc) is 2.83. The normalized spacial score (nSPS) is 12.6. The SMILES string of the molecule is NCCC(O)c1ccc(-n2cncn2)nc1. The fourth-order valence-electron chi connectivity index (χ4n) is 1.38. The van der Waals surface area contributed by atoms with E-state index in [0.29, 0.717) is 18.8 Å². The topological polar surface area (TPSA) is 89.8 Å². The lowest BCUT2D eigenvalue weighted by atomic mass is 10.1. The van der Waals surface area contributed by atoms with Crippen LogP contribution in [0.5, 0.6) is 0 Å². The van der Waals surface area contributed by atoms with Gasteiger partial charge in [-0.1, -0.05) is 6.07 Å². The monoisotopic (exact) mass is 219 g/mol. The van der Waals surface area contributed by atoms with Crippen LogP contribution >= 0.6 is 0 Å². The second-order valence-electron chi connectivity index (χ2n) is 3.38. The number of aliphatic hydroxyl groups excluding tert-OH is 1. The molecule has 0 radical (unpaired) electrons. The second-order valence-corrected chi connectivity index (χ2v) is 3.38. The maximum Gasteiger partial charge on any atom is 0.155 e. The molecule has 0 fully saturated rings. The van der Waals surface area contributed by atoms with Crippen LogP contribution in [0.2, 0.25) is 0 Å². The zero-order chi connectivity index (χ0) is 11.4. The Morgan fingerprint density at radius 3 is 2.88 bits per heavy atom. The summed E-state index contributed by atoms with van der Waals surface area (Å²) in [6, 6.07) is 3.59. The van der Waals surface area contributed by atoms with Crippen LogP contribution in [-0.2, 0) is 0 Å². The van der Waals surface area contributed by atoms with Gasteiger partial charge in [0.1, 0.15) is 12.7 Å². The Kier molecular flexibility index (Phi) is 3.23. The molecule has 1 unspecified atom stereocenters. The summed E-state index contributed by atoms with van der Waals surface area (Å²) in [4.78, 5) is 8.02. The Balaban J connectivity index is 2.16. The molecule has 6 nitrogen and oxygen atoms in total.